The molecule has 33 heavy (non-hydrogen) atoms. The van der Waals surface area contributed by atoms with E-state index >= 15 is 0 Å². The second-order valence-corrected chi connectivity index (χ2v) is 11.5. The highest BCUT2D eigenvalue weighted by Gasteiger charge is 2.33. The van der Waals surface area contributed by atoms with Crippen molar-refractivity contribution in [3.8, 4) is 0 Å². The number of hydrogen-bond donors (Lipinski definition) is 0. The van der Waals surface area contributed by atoms with Crippen molar-refractivity contribution in [1.82, 2.24) is 4.31 Å². The van der Waals surface area contributed by atoms with Crippen LogP contribution in [0.3, 0.4) is 0 Å². The Balaban J connectivity index is 2.16. The van der Waals surface area contributed by atoms with E-state index in [0.717, 1.165) is 15.6 Å². The third kappa shape index (κ3) is 5.69. The molecule has 9 heteroatoms. The molecule has 0 aromatic heterocycles. The lowest BCUT2D eigenvalue weighted by atomic mass is 9.99. The molecule has 0 heterocycles. The summed E-state index contributed by atoms with van der Waals surface area (Å²) in [6.07, 6.45) is 0. The SMILES string of the molecule is CCOC(=O)c1cc(C)c(Br)c(S(=O)(=O)N(C)C(c2ccc(Cl)cc2)c2ccc(Br)cc2)c1. The number of benzene rings is 3. The number of aryl methyl sites for hydroxylation is 1. The Morgan fingerprint density at radius 2 is 1.58 bits per heavy atom. The van der Waals surface area contributed by atoms with E-state index in [1.54, 1.807) is 44.2 Å². The van der Waals surface area contributed by atoms with Crippen LogP contribution in [-0.2, 0) is 14.8 Å². The number of esters is 1. The van der Waals surface area contributed by atoms with E-state index in [2.05, 4.69) is 31.9 Å². The van der Waals surface area contributed by atoms with Crippen molar-refractivity contribution in [1.29, 1.82) is 0 Å². The highest BCUT2D eigenvalue weighted by atomic mass is 79.9. The Hall–Kier alpha value is -1.71. The number of ether oxygens (including phenoxy) is 1. The van der Waals surface area contributed by atoms with Gasteiger partial charge in [0, 0.05) is 21.0 Å². The highest BCUT2D eigenvalue weighted by molar-refractivity contribution is 9.10. The molecule has 0 saturated heterocycles. The van der Waals surface area contributed by atoms with E-state index < -0.39 is 22.0 Å². The fraction of sp³-hybridized carbons (Fsp3) is 0.208. The standard InChI is InChI=1S/C24H22Br2ClNO4S/c1-4-32-24(29)18-13-15(2)22(26)21(14-18)33(30,31)28(3)23(16-5-9-19(25)10-6-16)17-7-11-20(27)12-8-17/h5-14,23H,4H2,1-3H3. The number of hydrogen-bond acceptors (Lipinski definition) is 4. The molecule has 0 fully saturated rings. The zero-order chi connectivity index (χ0) is 24.3. The smallest absolute Gasteiger partial charge is 0.338 e. The molecule has 0 radical (unpaired) electrons. The molecule has 5 nitrogen and oxygen atoms in total. The first-order valence-electron chi connectivity index (χ1n) is 10.0. The summed E-state index contributed by atoms with van der Waals surface area (Å²) < 4.78 is 35.4. The van der Waals surface area contributed by atoms with Gasteiger partial charge in [-0.1, -0.05) is 51.8 Å². The van der Waals surface area contributed by atoms with E-state index in [9.17, 15) is 13.2 Å². The quantitative estimate of drug-likeness (QED) is 0.276. The van der Waals surface area contributed by atoms with Crippen LogP contribution in [0.25, 0.3) is 0 Å². The monoisotopic (exact) mass is 613 g/mol. The molecule has 3 aromatic carbocycles. The summed E-state index contributed by atoms with van der Waals surface area (Å²) in [5, 5.41) is 0.555. The molecular weight excluding hydrogens is 594 g/mol. The Kier molecular flexibility index (Phi) is 8.40. The van der Waals surface area contributed by atoms with Crippen LogP contribution in [0.15, 0.2) is 74.5 Å². The van der Waals surface area contributed by atoms with Gasteiger partial charge in [-0.3, -0.25) is 0 Å². The first-order valence-corrected chi connectivity index (χ1v) is 13.4. The van der Waals surface area contributed by atoms with Crippen LogP contribution < -0.4 is 0 Å². The van der Waals surface area contributed by atoms with Crippen molar-refractivity contribution in [2.75, 3.05) is 13.7 Å². The van der Waals surface area contributed by atoms with Gasteiger partial charge < -0.3 is 4.74 Å². The molecule has 0 aliphatic carbocycles. The molecule has 0 aliphatic heterocycles. The summed E-state index contributed by atoms with van der Waals surface area (Å²) in [6.45, 7) is 3.62. The second kappa shape index (κ2) is 10.7. The Bertz CT molecular complexity index is 1220. The average molecular weight is 616 g/mol. The molecule has 0 amide bonds. The molecule has 3 rings (SSSR count). The third-order valence-corrected chi connectivity index (χ3v) is 9.07. The van der Waals surface area contributed by atoms with Crippen molar-refractivity contribution in [2.45, 2.75) is 24.8 Å². The number of halogens is 3. The summed E-state index contributed by atoms with van der Waals surface area (Å²) >= 11 is 12.9. The van der Waals surface area contributed by atoms with Gasteiger partial charge in [-0.05, 0) is 82.9 Å². The number of carbonyl (C=O) groups excluding carboxylic acids is 1. The van der Waals surface area contributed by atoms with E-state index in [-0.39, 0.29) is 17.1 Å². The summed E-state index contributed by atoms with van der Waals surface area (Å²) in [4.78, 5) is 12.3. The van der Waals surface area contributed by atoms with Crippen LogP contribution in [0.1, 0.15) is 40.0 Å². The number of rotatable bonds is 7. The lowest BCUT2D eigenvalue weighted by molar-refractivity contribution is 0.0526. The Morgan fingerprint density at radius 1 is 1.03 bits per heavy atom. The molecule has 1 atom stereocenters. The van der Waals surface area contributed by atoms with E-state index in [1.165, 1.54) is 17.4 Å². The van der Waals surface area contributed by atoms with Gasteiger partial charge in [0.15, 0.2) is 0 Å². The summed E-state index contributed by atoms with van der Waals surface area (Å²) in [6, 6.07) is 16.8. The van der Waals surface area contributed by atoms with E-state index in [4.69, 9.17) is 16.3 Å². The zero-order valence-electron chi connectivity index (χ0n) is 18.2. The maximum Gasteiger partial charge on any atom is 0.338 e. The third-order valence-electron chi connectivity index (χ3n) is 5.12. The number of sulfonamides is 1. The molecule has 1 unspecified atom stereocenters. The first kappa shape index (κ1) is 25.9. The maximum absolute atomic E-state index is 13.9. The maximum atomic E-state index is 13.9. The summed E-state index contributed by atoms with van der Waals surface area (Å²) in [7, 11) is -2.52. The lowest BCUT2D eigenvalue weighted by Gasteiger charge is -2.29. The summed E-state index contributed by atoms with van der Waals surface area (Å²) in [5.74, 6) is -0.575. The van der Waals surface area contributed by atoms with Crippen LogP contribution in [-0.4, -0.2) is 32.3 Å². The average Bonchev–Trinajstić information content (AvgIpc) is 2.78. The minimum Gasteiger partial charge on any atom is -0.462 e. The van der Waals surface area contributed by atoms with Crippen LogP contribution in [0, 0.1) is 6.92 Å². The van der Waals surface area contributed by atoms with Crippen LogP contribution in [0.4, 0.5) is 0 Å². The van der Waals surface area contributed by atoms with Crippen LogP contribution >= 0.6 is 43.5 Å². The predicted octanol–water partition coefficient (Wildman–Crippen LogP) is 6.76. The van der Waals surface area contributed by atoms with E-state index in [0.29, 0.717) is 15.1 Å². The molecule has 0 saturated carbocycles. The normalized spacial score (nSPS) is 12.6. The van der Waals surface area contributed by atoms with Crippen molar-refractivity contribution in [3.63, 3.8) is 0 Å². The van der Waals surface area contributed by atoms with Gasteiger partial charge in [0.25, 0.3) is 0 Å². The van der Waals surface area contributed by atoms with Gasteiger partial charge in [0.05, 0.1) is 23.1 Å². The van der Waals surface area contributed by atoms with Crippen molar-refractivity contribution >= 4 is 59.5 Å². The van der Waals surface area contributed by atoms with Gasteiger partial charge in [-0.2, -0.15) is 4.31 Å². The topological polar surface area (TPSA) is 63.7 Å². The minimum absolute atomic E-state index is 0.0101. The largest absolute Gasteiger partial charge is 0.462 e. The van der Waals surface area contributed by atoms with Gasteiger partial charge >= 0.3 is 5.97 Å². The molecule has 0 aliphatic rings. The lowest BCUT2D eigenvalue weighted by Crippen LogP contribution is -2.32. The van der Waals surface area contributed by atoms with Crippen molar-refractivity contribution < 1.29 is 17.9 Å². The molecular formula is C24H22Br2ClNO4S. The number of nitrogens with zero attached hydrogens (tertiary/aromatic N) is 1. The highest BCUT2D eigenvalue weighted by Crippen LogP contribution is 2.36. The van der Waals surface area contributed by atoms with Gasteiger partial charge in [-0.15, -0.1) is 0 Å². The fourth-order valence-corrected chi connectivity index (χ4v) is 6.18. The first-order chi connectivity index (χ1) is 15.6. The van der Waals surface area contributed by atoms with Gasteiger partial charge in [-0.25, -0.2) is 13.2 Å². The van der Waals surface area contributed by atoms with Gasteiger partial charge in [0.1, 0.15) is 0 Å². The van der Waals surface area contributed by atoms with Crippen LogP contribution in [0.2, 0.25) is 5.02 Å². The molecule has 174 valence electrons. The van der Waals surface area contributed by atoms with Crippen molar-refractivity contribution in [2.24, 2.45) is 0 Å². The summed E-state index contributed by atoms with van der Waals surface area (Å²) in [5.41, 5.74) is 2.32. The van der Waals surface area contributed by atoms with Gasteiger partial charge in [0.2, 0.25) is 10.0 Å². The predicted molar refractivity (Wildman–Crippen MR) is 137 cm³/mol. The minimum atomic E-state index is -4.04. The van der Waals surface area contributed by atoms with Crippen LogP contribution in [0.5, 0.6) is 0 Å². The molecule has 0 spiro atoms. The number of carbonyl (C=O) groups is 1. The molecule has 3 aromatic rings. The Labute approximate surface area is 216 Å². The molecule has 0 bridgehead atoms. The van der Waals surface area contributed by atoms with E-state index in [1.807, 2.05) is 24.3 Å². The fourth-order valence-electron chi connectivity index (χ4n) is 3.45. The second-order valence-electron chi connectivity index (χ2n) is 7.35. The zero-order valence-corrected chi connectivity index (χ0v) is 22.9. The Morgan fingerprint density at radius 3 is 2.12 bits per heavy atom. The van der Waals surface area contributed by atoms with Crippen molar-refractivity contribution in [3.05, 3.63) is 96.9 Å². The molecule has 0 N–H and O–H groups in total.